The second-order valence-corrected chi connectivity index (χ2v) is 10.1. The second kappa shape index (κ2) is 10.6. The van der Waals surface area contributed by atoms with E-state index in [0.717, 1.165) is 68.4 Å². The molecule has 0 aromatic heterocycles. The van der Waals surface area contributed by atoms with Gasteiger partial charge in [0.25, 0.3) is 5.91 Å². The highest BCUT2D eigenvalue weighted by Crippen LogP contribution is 2.45. The normalized spacial score (nSPS) is 19.1. The van der Waals surface area contributed by atoms with Crippen LogP contribution in [0.25, 0.3) is 0 Å². The molecule has 0 unspecified atom stereocenters. The number of rotatable bonds is 8. The minimum absolute atomic E-state index is 0.0811. The molecule has 1 aliphatic heterocycles. The topological polar surface area (TPSA) is 41.6 Å². The third-order valence-electron chi connectivity index (χ3n) is 5.96. The maximum Gasteiger partial charge on any atom is 0.264 e. The number of nitrogens with zero attached hydrogens (tertiary/aromatic N) is 1. The minimum Gasteiger partial charge on any atom is -0.493 e. The fraction of sp³-hybridized carbons (Fsp3) is 0.458. The predicted molar refractivity (Wildman–Crippen MR) is 129 cm³/mol. The van der Waals surface area contributed by atoms with Gasteiger partial charge in [-0.05, 0) is 73.5 Å². The van der Waals surface area contributed by atoms with Crippen LogP contribution in [-0.4, -0.2) is 36.8 Å². The molecule has 0 radical (unpaired) electrons. The van der Waals surface area contributed by atoms with Crippen LogP contribution in [0.5, 0.6) is 5.75 Å². The number of ether oxygens (including phenoxy) is 1. The van der Waals surface area contributed by atoms with Gasteiger partial charge in [-0.3, -0.25) is 14.4 Å². The van der Waals surface area contributed by atoms with Crippen molar-refractivity contribution in [2.24, 2.45) is 5.92 Å². The number of carbonyl (C=O) groups is 1. The maximum absolute atomic E-state index is 14.6. The standard InChI is InChI=1S/C24H27Cl2FN2O2S/c1-32-28-24(30)21-10-20(17-4-5-17)23(11-22(21)27)31-14-15-3-2-6-29(12-15)13-16-7-18(25)9-19(26)8-16/h7-11,15,17H,2-6,12-14H2,1H3,(H,28,30)/t15-/m0/s1. The molecule has 1 atom stereocenters. The first-order chi connectivity index (χ1) is 15.4. The molecule has 2 fully saturated rings. The van der Waals surface area contributed by atoms with Gasteiger partial charge in [0.1, 0.15) is 11.6 Å². The lowest BCUT2D eigenvalue weighted by atomic mass is 9.98. The van der Waals surface area contributed by atoms with Gasteiger partial charge >= 0.3 is 0 Å². The van der Waals surface area contributed by atoms with Gasteiger partial charge in [0.2, 0.25) is 0 Å². The summed E-state index contributed by atoms with van der Waals surface area (Å²) in [4.78, 5) is 14.6. The number of hydrogen-bond acceptors (Lipinski definition) is 4. The van der Waals surface area contributed by atoms with Crippen molar-refractivity contribution in [3.63, 3.8) is 0 Å². The van der Waals surface area contributed by atoms with Gasteiger partial charge in [0, 0.05) is 41.4 Å². The van der Waals surface area contributed by atoms with Crippen LogP contribution >= 0.6 is 35.1 Å². The second-order valence-electron chi connectivity index (χ2n) is 8.61. The first-order valence-corrected chi connectivity index (χ1v) is 12.9. The number of piperidine rings is 1. The monoisotopic (exact) mass is 496 g/mol. The zero-order chi connectivity index (χ0) is 22.7. The summed E-state index contributed by atoms with van der Waals surface area (Å²) in [7, 11) is 0. The van der Waals surface area contributed by atoms with Crippen LogP contribution in [0.3, 0.4) is 0 Å². The average molecular weight is 497 g/mol. The Morgan fingerprint density at radius 2 is 1.94 bits per heavy atom. The van der Waals surface area contributed by atoms with E-state index >= 15 is 0 Å². The maximum atomic E-state index is 14.6. The highest BCUT2D eigenvalue weighted by atomic mass is 35.5. The molecule has 2 aromatic carbocycles. The summed E-state index contributed by atoms with van der Waals surface area (Å²) < 4.78 is 23.4. The van der Waals surface area contributed by atoms with E-state index in [4.69, 9.17) is 27.9 Å². The third-order valence-corrected chi connectivity index (χ3v) is 6.79. The Bertz CT molecular complexity index is 966. The van der Waals surface area contributed by atoms with Gasteiger partial charge in [-0.1, -0.05) is 35.1 Å². The number of likely N-dealkylation sites (tertiary alicyclic amines) is 1. The number of carbonyl (C=O) groups excluding carboxylic acids is 1. The van der Waals surface area contributed by atoms with Gasteiger partial charge in [-0.15, -0.1) is 0 Å². The van der Waals surface area contributed by atoms with Crippen molar-refractivity contribution in [1.82, 2.24) is 9.62 Å². The van der Waals surface area contributed by atoms with Crippen LogP contribution in [-0.2, 0) is 6.54 Å². The van der Waals surface area contributed by atoms with E-state index < -0.39 is 11.7 Å². The van der Waals surface area contributed by atoms with Crippen molar-refractivity contribution in [3.8, 4) is 5.75 Å². The van der Waals surface area contributed by atoms with Crippen molar-refractivity contribution in [2.45, 2.75) is 38.1 Å². The van der Waals surface area contributed by atoms with Crippen molar-refractivity contribution >= 4 is 41.1 Å². The average Bonchev–Trinajstić information content (AvgIpc) is 3.57. The van der Waals surface area contributed by atoms with Crippen molar-refractivity contribution < 1.29 is 13.9 Å². The van der Waals surface area contributed by atoms with Crippen LogP contribution in [0.15, 0.2) is 30.3 Å². The van der Waals surface area contributed by atoms with Gasteiger partial charge in [-0.25, -0.2) is 4.39 Å². The van der Waals surface area contributed by atoms with Gasteiger partial charge in [0.15, 0.2) is 0 Å². The molecule has 1 N–H and O–H groups in total. The lowest BCUT2D eigenvalue weighted by Crippen LogP contribution is -2.37. The summed E-state index contributed by atoms with van der Waals surface area (Å²) >= 11 is 13.4. The molecule has 0 spiro atoms. The molecule has 1 saturated heterocycles. The Morgan fingerprint density at radius 1 is 1.19 bits per heavy atom. The van der Waals surface area contributed by atoms with Crippen LogP contribution in [0.4, 0.5) is 4.39 Å². The Balaban J connectivity index is 1.40. The lowest BCUT2D eigenvalue weighted by Gasteiger charge is -2.33. The minimum atomic E-state index is -0.543. The molecule has 1 heterocycles. The van der Waals surface area contributed by atoms with Crippen LogP contribution in [0, 0.1) is 11.7 Å². The molecule has 2 aromatic rings. The summed E-state index contributed by atoms with van der Waals surface area (Å²) in [6, 6.07) is 8.70. The SMILES string of the molecule is CSNC(=O)c1cc(C2CC2)c(OC[C@H]2CCCN(Cc3cc(Cl)cc(Cl)c3)C2)cc1F. The molecule has 0 bridgehead atoms. The Kier molecular flexibility index (Phi) is 7.87. The zero-order valence-electron chi connectivity index (χ0n) is 18.0. The van der Waals surface area contributed by atoms with E-state index in [2.05, 4.69) is 9.62 Å². The van der Waals surface area contributed by atoms with E-state index in [9.17, 15) is 9.18 Å². The molecule has 2 aliphatic rings. The highest BCUT2D eigenvalue weighted by Gasteiger charge is 2.30. The molecule has 4 rings (SSSR count). The number of benzene rings is 2. The Labute approximate surface area is 202 Å². The van der Waals surface area contributed by atoms with Crippen LogP contribution < -0.4 is 9.46 Å². The molecule has 4 nitrogen and oxygen atoms in total. The van der Waals surface area contributed by atoms with Crippen LogP contribution in [0.2, 0.25) is 10.0 Å². The Morgan fingerprint density at radius 3 is 2.62 bits per heavy atom. The predicted octanol–water partition coefficient (Wildman–Crippen LogP) is 6.31. The molecule has 32 heavy (non-hydrogen) atoms. The van der Waals surface area contributed by atoms with E-state index in [1.165, 1.54) is 6.07 Å². The summed E-state index contributed by atoms with van der Waals surface area (Å²) in [5.41, 5.74) is 2.12. The first kappa shape index (κ1) is 23.7. The molecule has 1 aliphatic carbocycles. The van der Waals surface area contributed by atoms with Gasteiger partial charge in [-0.2, -0.15) is 0 Å². The van der Waals surface area contributed by atoms with E-state index in [-0.39, 0.29) is 5.56 Å². The molecule has 172 valence electrons. The quantitative estimate of drug-likeness (QED) is 0.434. The van der Waals surface area contributed by atoms with Crippen molar-refractivity contribution in [3.05, 3.63) is 62.9 Å². The fourth-order valence-corrected chi connectivity index (χ4v) is 5.20. The van der Waals surface area contributed by atoms with Crippen molar-refractivity contribution in [2.75, 3.05) is 26.0 Å². The molecular formula is C24H27Cl2FN2O2S. The lowest BCUT2D eigenvalue weighted by molar-refractivity contribution is 0.0980. The molecule has 1 amide bonds. The van der Waals surface area contributed by atoms with Crippen molar-refractivity contribution in [1.29, 1.82) is 0 Å². The number of nitrogens with one attached hydrogen (secondary N) is 1. The molecule has 1 saturated carbocycles. The van der Waals surface area contributed by atoms with Gasteiger partial charge < -0.3 is 4.74 Å². The first-order valence-electron chi connectivity index (χ1n) is 10.9. The fourth-order valence-electron chi connectivity index (χ4n) is 4.33. The number of hydrogen-bond donors (Lipinski definition) is 1. The molecule has 8 heteroatoms. The summed E-state index contributed by atoms with van der Waals surface area (Å²) in [6.45, 7) is 3.24. The summed E-state index contributed by atoms with van der Waals surface area (Å²) in [5, 5.41) is 1.29. The largest absolute Gasteiger partial charge is 0.493 e. The zero-order valence-corrected chi connectivity index (χ0v) is 20.3. The number of amides is 1. The molecular weight excluding hydrogens is 470 g/mol. The summed E-state index contributed by atoms with van der Waals surface area (Å²) in [6.07, 6.45) is 5.99. The van der Waals surface area contributed by atoms with E-state index in [0.29, 0.717) is 34.2 Å². The smallest absolute Gasteiger partial charge is 0.264 e. The van der Waals surface area contributed by atoms with Gasteiger partial charge in [0.05, 0.1) is 12.2 Å². The van der Waals surface area contributed by atoms with Crippen LogP contribution in [0.1, 0.15) is 53.1 Å². The number of halogens is 3. The van der Waals surface area contributed by atoms with E-state index in [1.54, 1.807) is 18.4 Å². The van der Waals surface area contributed by atoms with E-state index in [1.807, 2.05) is 12.1 Å². The summed E-state index contributed by atoms with van der Waals surface area (Å²) in [5.74, 6) is 0.325. The Hall–Kier alpha value is -1.47. The third kappa shape index (κ3) is 6.10. The highest BCUT2D eigenvalue weighted by molar-refractivity contribution is 7.97.